The predicted octanol–water partition coefficient (Wildman–Crippen LogP) is 3.79. The smallest absolute Gasteiger partial charge is 0.325 e. The second-order valence-corrected chi connectivity index (χ2v) is 9.38. The Labute approximate surface area is 185 Å². The van der Waals surface area contributed by atoms with Gasteiger partial charge >= 0.3 is 6.03 Å². The van der Waals surface area contributed by atoms with E-state index in [1.807, 2.05) is 30.3 Å². The molecule has 162 valence electrons. The van der Waals surface area contributed by atoms with E-state index in [1.165, 1.54) is 10.2 Å². The van der Waals surface area contributed by atoms with Gasteiger partial charge in [0.1, 0.15) is 0 Å². The number of anilines is 1. The van der Waals surface area contributed by atoms with Crippen LogP contribution in [0.2, 0.25) is 0 Å². The van der Waals surface area contributed by atoms with E-state index in [4.69, 9.17) is 5.84 Å². The van der Waals surface area contributed by atoms with Gasteiger partial charge in [0.15, 0.2) is 5.82 Å². The molecule has 9 heteroatoms. The van der Waals surface area contributed by atoms with Crippen LogP contribution < -0.4 is 16.5 Å². The van der Waals surface area contributed by atoms with Gasteiger partial charge in [-0.15, -0.1) is 10.2 Å². The number of imide groups is 1. The molecule has 0 aliphatic heterocycles. The average molecular weight is 439 g/mol. The normalized spacial score (nSPS) is 12.3. The van der Waals surface area contributed by atoms with Crippen LogP contribution in [-0.4, -0.2) is 32.1 Å². The van der Waals surface area contributed by atoms with Crippen molar-refractivity contribution in [3.8, 4) is 11.4 Å². The highest BCUT2D eigenvalue weighted by atomic mass is 32.2. The first-order chi connectivity index (χ1) is 14.6. The van der Waals surface area contributed by atoms with Crippen molar-refractivity contribution in [1.82, 2.24) is 20.2 Å². The molecular weight excluding hydrogens is 412 g/mol. The van der Waals surface area contributed by atoms with Crippen molar-refractivity contribution >= 4 is 29.4 Å². The molecule has 0 fully saturated rings. The molecule has 0 saturated heterocycles. The van der Waals surface area contributed by atoms with E-state index < -0.39 is 17.2 Å². The third kappa shape index (κ3) is 5.64. The van der Waals surface area contributed by atoms with Crippen molar-refractivity contribution in [3.05, 3.63) is 60.2 Å². The Morgan fingerprint density at radius 3 is 2.29 bits per heavy atom. The van der Waals surface area contributed by atoms with Gasteiger partial charge in [-0.05, 0) is 30.0 Å². The second kappa shape index (κ2) is 9.22. The number of aromatic nitrogens is 3. The zero-order valence-electron chi connectivity index (χ0n) is 17.9. The molecule has 0 saturated carbocycles. The van der Waals surface area contributed by atoms with Gasteiger partial charge in [-0.3, -0.25) is 10.1 Å². The first-order valence-corrected chi connectivity index (χ1v) is 10.7. The highest BCUT2D eigenvalue weighted by molar-refractivity contribution is 8.00. The Morgan fingerprint density at radius 2 is 1.68 bits per heavy atom. The number of carbonyl (C=O) groups is 2. The maximum absolute atomic E-state index is 12.4. The third-order valence-corrected chi connectivity index (χ3v) is 5.65. The van der Waals surface area contributed by atoms with Gasteiger partial charge in [0.25, 0.3) is 0 Å². The molecule has 0 radical (unpaired) electrons. The van der Waals surface area contributed by atoms with Crippen molar-refractivity contribution in [3.63, 3.8) is 0 Å². The topological polar surface area (TPSA) is 115 Å². The van der Waals surface area contributed by atoms with E-state index in [9.17, 15) is 9.59 Å². The molecule has 4 N–H and O–H groups in total. The summed E-state index contributed by atoms with van der Waals surface area (Å²) in [7, 11) is 0. The van der Waals surface area contributed by atoms with Crippen LogP contribution in [0, 0.1) is 0 Å². The number of hydrogen-bond donors (Lipinski definition) is 3. The molecule has 3 rings (SSSR count). The zero-order valence-corrected chi connectivity index (χ0v) is 18.7. The Bertz CT molecular complexity index is 1060. The lowest BCUT2D eigenvalue weighted by Crippen LogP contribution is -2.39. The minimum atomic E-state index is -0.607. The number of urea groups is 1. The molecule has 3 aromatic rings. The summed E-state index contributed by atoms with van der Waals surface area (Å²) in [4.78, 5) is 24.4. The molecule has 2 aromatic carbocycles. The number of rotatable bonds is 5. The highest BCUT2D eigenvalue weighted by Gasteiger charge is 2.22. The Hall–Kier alpha value is -3.33. The number of nitrogen functional groups attached to an aromatic ring is 1. The lowest BCUT2D eigenvalue weighted by Gasteiger charge is -2.19. The predicted molar refractivity (Wildman–Crippen MR) is 123 cm³/mol. The Kier molecular flexibility index (Phi) is 6.65. The summed E-state index contributed by atoms with van der Waals surface area (Å²) >= 11 is 1.12. The van der Waals surface area contributed by atoms with Gasteiger partial charge in [0.2, 0.25) is 11.1 Å². The molecular formula is C22H26N6O2S. The minimum absolute atomic E-state index is 0.0471. The lowest BCUT2D eigenvalue weighted by molar-refractivity contribution is -0.119. The molecule has 8 nitrogen and oxygen atoms in total. The summed E-state index contributed by atoms with van der Waals surface area (Å²) in [5.74, 6) is 6.21. The molecule has 0 aliphatic rings. The molecule has 0 spiro atoms. The fraction of sp³-hybridized carbons (Fsp3) is 0.273. The van der Waals surface area contributed by atoms with Gasteiger partial charge in [0, 0.05) is 11.3 Å². The van der Waals surface area contributed by atoms with Crippen molar-refractivity contribution in [1.29, 1.82) is 0 Å². The van der Waals surface area contributed by atoms with Crippen LogP contribution in [-0.2, 0) is 10.2 Å². The quantitative estimate of drug-likeness (QED) is 0.412. The van der Waals surface area contributed by atoms with Gasteiger partial charge in [-0.1, -0.05) is 75.0 Å². The zero-order chi connectivity index (χ0) is 22.6. The van der Waals surface area contributed by atoms with Crippen LogP contribution in [0.3, 0.4) is 0 Å². The van der Waals surface area contributed by atoms with Gasteiger partial charge in [0.05, 0.1) is 5.25 Å². The van der Waals surface area contributed by atoms with E-state index in [1.54, 1.807) is 31.2 Å². The SMILES string of the molecule is CC(Sc1nnc(-c2ccc(C(C)(C)C)cc2)n1N)C(=O)NC(=O)Nc1ccccc1. The number of nitrogens with two attached hydrogens (primary N) is 1. The number of nitrogens with one attached hydrogen (secondary N) is 2. The summed E-state index contributed by atoms with van der Waals surface area (Å²) < 4.78 is 1.35. The first kappa shape index (κ1) is 22.4. The molecule has 1 atom stereocenters. The maximum Gasteiger partial charge on any atom is 0.325 e. The number of thioether (sulfide) groups is 1. The summed E-state index contributed by atoms with van der Waals surface area (Å²) in [5, 5.41) is 13.0. The van der Waals surface area contributed by atoms with E-state index in [0.29, 0.717) is 16.7 Å². The van der Waals surface area contributed by atoms with Gasteiger partial charge in [-0.2, -0.15) is 0 Å². The van der Waals surface area contributed by atoms with E-state index >= 15 is 0 Å². The Balaban J connectivity index is 1.63. The first-order valence-electron chi connectivity index (χ1n) is 9.80. The van der Waals surface area contributed by atoms with Crippen LogP contribution in [0.5, 0.6) is 0 Å². The van der Waals surface area contributed by atoms with Crippen LogP contribution >= 0.6 is 11.8 Å². The lowest BCUT2D eigenvalue weighted by atomic mass is 9.87. The van der Waals surface area contributed by atoms with Crippen molar-refractivity contribution in [2.75, 3.05) is 11.2 Å². The molecule has 0 bridgehead atoms. The summed E-state index contributed by atoms with van der Waals surface area (Å²) in [6.07, 6.45) is 0. The van der Waals surface area contributed by atoms with Gasteiger partial charge < -0.3 is 11.2 Å². The van der Waals surface area contributed by atoms with Crippen molar-refractivity contribution in [2.45, 2.75) is 43.5 Å². The number of para-hydroxylation sites is 1. The van der Waals surface area contributed by atoms with E-state index in [2.05, 4.69) is 41.6 Å². The molecule has 1 unspecified atom stereocenters. The monoisotopic (exact) mass is 438 g/mol. The Morgan fingerprint density at radius 1 is 1.03 bits per heavy atom. The molecule has 31 heavy (non-hydrogen) atoms. The van der Waals surface area contributed by atoms with Gasteiger partial charge in [-0.25, -0.2) is 9.47 Å². The highest BCUT2D eigenvalue weighted by Crippen LogP contribution is 2.27. The fourth-order valence-corrected chi connectivity index (χ4v) is 3.55. The molecule has 0 aliphatic carbocycles. The van der Waals surface area contributed by atoms with E-state index in [-0.39, 0.29) is 5.41 Å². The van der Waals surface area contributed by atoms with Crippen molar-refractivity contribution < 1.29 is 9.59 Å². The van der Waals surface area contributed by atoms with Crippen LogP contribution in [0.1, 0.15) is 33.3 Å². The number of carbonyl (C=O) groups excluding carboxylic acids is 2. The standard InChI is InChI=1S/C22H26N6O2S/c1-14(19(29)25-20(30)24-17-8-6-5-7-9-17)31-21-27-26-18(28(21)23)15-10-12-16(13-11-15)22(2,3)4/h5-14H,23H2,1-4H3,(H2,24,25,29,30). The minimum Gasteiger partial charge on any atom is -0.335 e. The second-order valence-electron chi connectivity index (χ2n) is 8.07. The summed E-state index contributed by atoms with van der Waals surface area (Å²) in [6, 6.07) is 16.3. The number of nitrogens with zero attached hydrogens (tertiary/aromatic N) is 3. The van der Waals surface area contributed by atoms with Crippen molar-refractivity contribution in [2.24, 2.45) is 0 Å². The van der Waals surface area contributed by atoms with Crippen LogP contribution in [0.15, 0.2) is 59.8 Å². The average Bonchev–Trinajstić information content (AvgIpc) is 3.08. The fourth-order valence-electron chi connectivity index (χ4n) is 2.78. The number of amides is 3. The molecule has 1 aromatic heterocycles. The largest absolute Gasteiger partial charge is 0.335 e. The summed E-state index contributed by atoms with van der Waals surface area (Å²) in [6.45, 7) is 8.11. The maximum atomic E-state index is 12.4. The third-order valence-electron chi connectivity index (χ3n) is 4.59. The van der Waals surface area contributed by atoms with Crippen LogP contribution in [0.4, 0.5) is 10.5 Å². The van der Waals surface area contributed by atoms with Crippen LogP contribution in [0.25, 0.3) is 11.4 Å². The number of hydrogen-bond acceptors (Lipinski definition) is 6. The number of benzene rings is 2. The van der Waals surface area contributed by atoms with E-state index in [0.717, 1.165) is 17.3 Å². The molecule has 3 amide bonds. The summed E-state index contributed by atoms with van der Waals surface area (Å²) in [5.41, 5.74) is 2.67. The molecule has 1 heterocycles.